The first-order chi connectivity index (χ1) is 6.47. The second kappa shape index (κ2) is 11.4. The van der Waals surface area contributed by atoms with Gasteiger partial charge >= 0.3 is 0 Å². The SMILES string of the molecule is CCl.CCl.[Zr].c1ccc2[cH-]ccc2c1. The molecule has 0 nitrogen and oxygen atoms in total. The molecule has 0 N–H and O–H groups in total. The molecule has 0 aromatic heterocycles. The third-order valence-corrected chi connectivity index (χ3v) is 1.55. The number of rotatable bonds is 0. The third kappa shape index (κ3) is 5.24. The zero-order chi connectivity index (χ0) is 10.1. The van der Waals surface area contributed by atoms with Crippen molar-refractivity contribution >= 4 is 34.0 Å². The van der Waals surface area contributed by atoms with Crippen LogP contribution in [0.3, 0.4) is 0 Å². The summed E-state index contributed by atoms with van der Waals surface area (Å²) in [5.41, 5.74) is 0. The zero-order valence-corrected chi connectivity index (χ0v) is 12.3. The number of fused-ring (bicyclic) bond motifs is 1. The number of hydrogen-bond acceptors (Lipinski definition) is 0. The summed E-state index contributed by atoms with van der Waals surface area (Å²) in [6.07, 6.45) is 2.94. The fourth-order valence-corrected chi connectivity index (χ4v) is 1.07. The van der Waals surface area contributed by atoms with E-state index in [1.165, 1.54) is 23.5 Å². The topological polar surface area (TPSA) is 0 Å². The average molecular weight is 307 g/mol. The van der Waals surface area contributed by atoms with Crippen molar-refractivity contribution in [3.05, 3.63) is 42.5 Å². The van der Waals surface area contributed by atoms with Crippen LogP contribution in [0, 0.1) is 0 Å². The van der Waals surface area contributed by atoms with E-state index in [-0.39, 0.29) is 26.2 Å². The van der Waals surface area contributed by atoms with Crippen molar-refractivity contribution in [2.45, 2.75) is 0 Å². The van der Waals surface area contributed by atoms with Crippen LogP contribution in [-0.4, -0.2) is 12.8 Å². The van der Waals surface area contributed by atoms with Crippen LogP contribution < -0.4 is 0 Å². The minimum atomic E-state index is 0. The van der Waals surface area contributed by atoms with Crippen LogP contribution in [0.25, 0.3) is 10.8 Å². The molecule has 0 atom stereocenters. The Hall–Kier alpha value is 0.293. The Morgan fingerprint density at radius 3 is 2.07 bits per heavy atom. The van der Waals surface area contributed by atoms with Crippen LogP contribution in [-0.2, 0) is 26.2 Å². The van der Waals surface area contributed by atoms with Crippen molar-refractivity contribution in [1.29, 1.82) is 0 Å². The molecule has 2 aromatic rings. The standard InChI is InChI=1S/C9H7.2CH3Cl.Zr/c1-2-5-9-7-3-6-8(9)4-1;2*1-2;/h1-7H;2*1H3;/q-1;;;. The van der Waals surface area contributed by atoms with E-state index in [2.05, 4.69) is 65.7 Å². The molecule has 0 aliphatic rings. The van der Waals surface area contributed by atoms with E-state index in [4.69, 9.17) is 0 Å². The molecule has 3 heteroatoms. The summed E-state index contributed by atoms with van der Waals surface area (Å²) >= 11 is 9.28. The first-order valence-corrected chi connectivity index (χ1v) is 5.34. The Kier molecular flexibility index (Phi) is 13.6. The normalized spacial score (nSPS) is 7.43. The molecular weight excluding hydrogens is 294 g/mol. The van der Waals surface area contributed by atoms with E-state index >= 15 is 0 Å². The van der Waals surface area contributed by atoms with Gasteiger partial charge in [-0.2, -0.15) is 17.5 Å². The van der Waals surface area contributed by atoms with Crippen LogP contribution in [0.15, 0.2) is 42.5 Å². The smallest absolute Gasteiger partial charge is 0.0108 e. The monoisotopic (exact) mass is 305 g/mol. The largest absolute Gasteiger partial charge is 0.168 e. The van der Waals surface area contributed by atoms with Crippen LogP contribution >= 0.6 is 23.2 Å². The van der Waals surface area contributed by atoms with Crippen molar-refractivity contribution in [1.82, 2.24) is 0 Å². The van der Waals surface area contributed by atoms with E-state index in [1.807, 2.05) is 0 Å². The van der Waals surface area contributed by atoms with Crippen LogP contribution in [0.1, 0.15) is 0 Å². The Bertz CT molecular complexity index is 287. The molecule has 76 valence electrons. The van der Waals surface area contributed by atoms with Gasteiger partial charge in [0.25, 0.3) is 0 Å². The van der Waals surface area contributed by atoms with Gasteiger partial charge in [-0.05, 0) is 0 Å². The maximum absolute atomic E-state index is 4.64. The van der Waals surface area contributed by atoms with E-state index in [0.29, 0.717) is 0 Å². The molecule has 0 spiro atoms. The fourth-order valence-electron chi connectivity index (χ4n) is 1.07. The van der Waals surface area contributed by atoms with E-state index in [0.717, 1.165) is 0 Å². The van der Waals surface area contributed by atoms with Crippen LogP contribution in [0.5, 0.6) is 0 Å². The summed E-state index contributed by atoms with van der Waals surface area (Å²) in [6.45, 7) is 0. The van der Waals surface area contributed by atoms with Gasteiger partial charge in [0.1, 0.15) is 0 Å². The van der Waals surface area contributed by atoms with Crippen molar-refractivity contribution in [3.8, 4) is 0 Å². The summed E-state index contributed by atoms with van der Waals surface area (Å²) in [5.74, 6) is 0. The van der Waals surface area contributed by atoms with Crippen molar-refractivity contribution < 1.29 is 26.2 Å². The number of alkyl halides is 2. The molecule has 0 radical (unpaired) electrons. The van der Waals surface area contributed by atoms with Crippen molar-refractivity contribution in [2.24, 2.45) is 0 Å². The van der Waals surface area contributed by atoms with Crippen LogP contribution in [0.4, 0.5) is 0 Å². The van der Waals surface area contributed by atoms with Gasteiger partial charge in [-0.15, -0.1) is 52.9 Å². The second-order valence-electron chi connectivity index (χ2n) is 2.15. The Morgan fingerprint density at radius 2 is 1.50 bits per heavy atom. The molecule has 0 amide bonds. The maximum Gasteiger partial charge on any atom is 0.0108 e. The molecule has 0 saturated heterocycles. The van der Waals surface area contributed by atoms with E-state index in [9.17, 15) is 0 Å². The van der Waals surface area contributed by atoms with Gasteiger partial charge < -0.3 is 0 Å². The third-order valence-electron chi connectivity index (χ3n) is 1.55. The van der Waals surface area contributed by atoms with Gasteiger partial charge in [0.2, 0.25) is 0 Å². The minimum absolute atomic E-state index is 0. The summed E-state index contributed by atoms with van der Waals surface area (Å²) in [7, 11) is 0. The van der Waals surface area contributed by atoms with Gasteiger partial charge in [-0.25, -0.2) is 0 Å². The predicted molar refractivity (Wildman–Crippen MR) is 63.1 cm³/mol. The summed E-state index contributed by atoms with van der Waals surface area (Å²) in [4.78, 5) is 0. The molecular formula is C11H13Cl2Zr-. The summed E-state index contributed by atoms with van der Waals surface area (Å²) in [5, 5.41) is 2.66. The minimum Gasteiger partial charge on any atom is -0.168 e. The van der Waals surface area contributed by atoms with Gasteiger partial charge in [0, 0.05) is 39.0 Å². The predicted octanol–water partition coefficient (Wildman–Crippen LogP) is 4.27. The summed E-state index contributed by atoms with van der Waals surface area (Å²) < 4.78 is 0. The number of halogens is 2. The molecule has 14 heavy (non-hydrogen) atoms. The molecule has 0 aliphatic carbocycles. The molecule has 0 aliphatic heterocycles. The molecule has 0 heterocycles. The molecule has 2 aromatic carbocycles. The molecule has 0 unspecified atom stereocenters. The quantitative estimate of drug-likeness (QED) is 0.504. The fraction of sp³-hybridized carbons (Fsp3) is 0.182. The van der Waals surface area contributed by atoms with Gasteiger partial charge in [0.05, 0.1) is 0 Å². The second-order valence-corrected chi connectivity index (χ2v) is 2.15. The van der Waals surface area contributed by atoms with Gasteiger partial charge in [0.15, 0.2) is 0 Å². The average Bonchev–Trinajstić information content (AvgIpc) is 2.71. The molecule has 0 saturated carbocycles. The Labute approximate surface area is 115 Å². The van der Waals surface area contributed by atoms with E-state index < -0.39 is 0 Å². The van der Waals surface area contributed by atoms with Crippen LogP contribution in [0.2, 0.25) is 0 Å². The molecule has 2 rings (SSSR count). The molecule has 0 fully saturated rings. The Balaban J connectivity index is 0. The summed E-state index contributed by atoms with van der Waals surface area (Å²) in [6, 6.07) is 14.7. The number of benzene rings is 1. The van der Waals surface area contributed by atoms with Gasteiger partial charge in [-0.3, -0.25) is 0 Å². The van der Waals surface area contributed by atoms with E-state index in [1.54, 1.807) is 0 Å². The van der Waals surface area contributed by atoms with Crippen molar-refractivity contribution in [2.75, 3.05) is 12.8 Å². The molecule has 0 bridgehead atoms. The first kappa shape index (κ1) is 16.7. The first-order valence-electron chi connectivity index (χ1n) is 3.83. The number of hydrogen-bond donors (Lipinski definition) is 0. The van der Waals surface area contributed by atoms with Gasteiger partial charge in [-0.1, -0.05) is 6.07 Å². The maximum atomic E-state index is 4.64. The Morgan fingerprint density at radius 1 is 0.929 bits per heavy atom. The van der Waals surface area contributed by atoms with Crippen molar-refractivity contribution in [3.63, 3.8) is 0 Å². The zero-order valence-electron chi connectivity index (χ0n) is 8.30.